The van der Waals surface area contributed by atoms with Crippen LogP contribution in [0.1, 0.15) is 19.4 Å². The van der Waals surface area contributed by atoms with Gasteiger partial charge in [0.25, 0.3) is 0 Å². The predicted octanol–water partition coefficient (Wildman–Crippen LogP) is 3.27. The summed E-state index contributed by atoms with van der Waals surface area (Å²) >= 11 is 0. The highest BCUT2D eigenvalue weighted by Gasteiger charge is 2.09. The van der Waals surface area contributed by atoms with E-state index in [2.05, 4.69) is 4.98 Å². The Hall–Kier alpha value is -1.94. The van der Waals surface area contributed by atoms with Crippen LogP contribution in [0.4, 0.5) is 15.9 Å². The SMILES string of the molecule is CCN(c1cccc(F)c1)c1ccc(CC(C)N)cn1. The van der Waals surface area contributed by atoms with Gasteiger partial charge in [-0.1, -0.05) is 12.1 Å². The maximum Gasteiger partial charge on any atom is 0.132 e. The van der Waals surface area contributed by atoms with E-state index in [-0.39, 0.29) is 11.9 Å². The largest absolute Gasteiger partial charge is 0.328 e. The summed E-state index contributed by atoms with van der Waals surface area (Å²) in [6.07, 6.45) is 2.64. The minimum atomic E-state index is -0.241. The summed E-state index contributed by atoms with van der Waals surface area (Å²) < 4.78 is 13.3. The molecule has 1 unspecified atom stereocenters. The molecule has 0 saturated heterocycles. The first-order valence-corrected chi connectivity index (χ1v) is 6.83. The van der Waals surface area contributed by atoms with Crippen molar-refractivity contribution in [2.45, 2.75) is 26.3 Å². The van der Waals surface area contributed by atoms with Gasteiger partial charge in [-0.3, -0.25) is 0 Å². The highest BCUT2D eigenvalue weighted by Crippen LogP contribution is 2.24. The van der Waals surface area contributed by atoms with E-state index in [0.717, 1.165) is 30.0 Å². The van der Waals surface area contributed by atoms with Gasteiger partial charge >= 0.3 is 0 Å². The molecule has 1 aromatic carbocycles. The van der Waals surface area contributed by atoms with Gasteiger partial charge < -0.3 is 10.6 Å². The zero-order valence-electron chi connectivity index (χ0n) is 11.9. The molecule has 0 aliphatic carbocycles. The van der Waals surface area contributed by atoms with Crippen molar-refractivity contribution in [1.82, 2.24) is 4.98 Å². The Labute approximate surface area is 119 Å². The first-order chi connectivity index (χ1) is 9.60. The molecule has 1 aromatic heterocycles. The van der Waals surface area contributed by atoms with Crippen LogP contribution >= 0.6 is 0 Å². The zero-order chi connectivity index (χ0) is 14.5. The van der Waals surface area contributed by atoms with Crippen molar-refractivity contribution in [2.24, 2.45) is 5.73 Å². The third-order valence-electron chi connectivity index (χ3n) is 3.08. The number of hydrogen-bond donors (Lipinski definition) is 1. The van der Waals surface area contributed by atoms with E-state index < -0.39 is 0 Å². The van der Waals surface area contributed by atoms with Gasteiger partial charge in [-0.25, -0.2) is 9.37 Å². The van der Waals surface area contributed by atoms with Gasteiger partial charge in [0, 0.05) is 24.5 Å². The van der Waals surface area contributed by atoms with Crippen molar-refractivity contribution in [1.29, 1.82) is 0 Å². The van der Waals surface area contributed by atoms with Crippen LogP contribution in [0.2, 0.25) is 0 Å². The first-order valence-electron chi connectivity index (χ1n) is 6.83. The average Bonchev–Trinajstić information content (AvgIpc) is 2.41. The lowest BCUT2D eigenvalue weighted by molar-refractivity contribution is 0.627. The summed E-state index contributed by atoms with van der Waals surface area (Å²) in [6, 6.07) is 10.6. The third kappa shape index (κ3) is 3.54. The second-order valence-corrected chi connectivity index (χ2v) is 4.93. The molecular formula is C16H20FN3. The monoisotopic (exact) mass is 273 g/mol. The van der Waals surface area contributed by atoms with E-state index in [0.29, 0.717) is 0 Å². The second-order valence-electron chi connectivity index (χ2n) is 4.93. The van der Waals surface area contributed by atoms with Crippen LogP contribution in [0.15, 0.2) is 42.6 Å². The minimum Gasteiger partial charge on any atom is -0.328 e. The number of halogens is 1. The van der Waals surface area contributed by atoms with E-state index >= 15 is 0 Å². The van der Waals surface area contributed by atoms with Crippen molar-refractivity contribution in [3.8, 4) is 0 Å². The zero-order valence-corrected chi connectivity index (χ0v) is 11.9. The number of rotatable bonds is 5. The molecule has 0 spiro atoms. The number of nitrogens with two attached hydrogens (primary N) is 1. The van der Waals surface area contributed by atoms with Crippen LogP contribution in [-0.2, 0) is 6.42 Å². The van der Waals surface area contributed by atoms with Crippen LogP contribution < -0.4 is 10.6 Å². The number of hydrogen-bond acceptors (Lipinski definition) is 3. The Morgan fingerprint density at radius 3 is 2.65 bits per heavy atom. The van der Waals surface area contributed by atoms with Gasteiger partial charge in [0.2, 0.25) is 0 Å². The Balaban J connectivity index is 2.23. The molecule has 0 amide bonds. The van der Waals surface area contributed by atoms with Gasteiger partial charge in [0.1, 0.15) is 11.6 Å². The molecule has 4 heteroatoms. The van der Waals surface area contributed by atoms with Crippen LogP contribution in [0, 0.1) is 5.82 Å². The van der Waals surface area contributed by atoms with Crippen LogP contribution in [-0.4, -0.2) is 17.6 Å². The molecule has 2 aromatic rings. The number of anilines is 2. The third-order valence-corrected chi connectivity index (χ3v) is 3.08. The molecule has 0 aliphatic heterocycles. The molecular weight excluding hydrogens is 253 g/mol. The van der Waals surface area contributed by atoms with Gasteiger partial charge in [-0.15, -0.1) is 0 Å². The molecule has 0 radical (unpaired) electrons. The summed E-state index contributed by atoms with van der Waals surface area (Å²) in [4.78, 5) is 6.43. The normalized spacial score (nSPS) is 12.2. The molecule has 106 valence electrons. The van der Waals surface area contributed by atoms with E-state index in [4.69, 9.17) is 5.73 Å². The Morgan fingerprint density at radius 1 is 1.30 bits per heavy atom. The maximum absolute atomic E-state index is 13.3. The molecule has 2 rings (SSSR count). The first kappa shape index (κ1) is 14.5. The van der Waals surface area contributed by atoms with Crippen molar-refractivity contribution in [3.63, 3.8) is 0 Å². The molecule has 0 aliphatic rings. The van der Waals surface area contributed by atoms with Crippen molar-refractivity contribution in [2.75, 3.05) is 11.4 Å². The molecule has 3 nitrogen and oxygen atoms in total. The quantitative estimate of drug-likeness (QED) is 0.909. The highest BCUT2D eigenvalue weighted by molar-refractivity contribution is 5.59. The summed E-state index contributed by atoms with van der Waals surface area (Å²) in [5, 5.41) is 0. The predicted molar refractivity (Wildman–Crippen MR) is 80.7 cm³/mol. The Kier molecular flexibility index (Phi) is 4.69. The van der Waals surface area contributed by atoms with Gasteiger partial charge in [0.15, 0.2) is 0 Å². The number of benzene rings is 1. The van der Waals surface area contributed by atoms with Crippen LogP contribution in [0.3, 0.4) is 0 Å². The fraction of sp³-hybridized carbons (Fsp3) is 0.312. The molecule has 1 heterocycles. The fourth-order valence-corrected chi connectivity index (χ4v) is 2.19. The summed E-state index contributed by atoms with van der Waals surface area (Å²) in [6.45, 7) is 4.71. The lowest BCUT2D eigenvalue weighted by atomic mass is 10.1. The number of nitrogens with zero attached hydrogens (tertiary/aromatic N) is 2. The van der Waals surface area contributed by atoms with E-state index in [1.807, 2.05) is 43.1 Å². The van der Waals surface area contributed by atoms with E-state index in [9.17, 15) is 4.39 Å². The van der Waals surface area contributed by atoms with Crippen LogP contribution in [0.25, 0.3) is 0 Å². The highest BCUT2D eigenvalue weighted by atomic mass is 19.1. The molecule has 2 N–H and O–H groups in total. The van der Waals surface area contributed by atoms with Crippen LogP contribution in [0.5, 0.6) is 0 Å². The molecule has 20 heavy (non-hydrogen) atoms. The number of aromatic nitrogens is 1. The van der Waals surface area contributed by atoms with Crippen molar-refractivity contribution in [3.05, 3.63) is 54.0 Å². The smallest absolute Gasteiger partial charge is 0.132 e. The Bertz CT molecular complexity index is 552. The molecule has 0 saturated carbocycles. The standard InChI is InChI=1S/C16H20FN3/c1-3-20(15-6-4-5-14(17)10-15)16-8-7-13(11-19-16)9-12(2)18/h4-8,10-12H,3,9,18H2,1-2H3. The average molecular weight is 273 g/mol. The molecule has 0 bridgehead atoms. The minimum absolute atomic E-state index is 0.119. The van der Waals surface area contributed by atoms with E-state index in [1.54, 1.807) is 6.07 Å². The van der Waals surface area contributed by atoms with Crippen molar-refractivity contribution >= 4 is 11.5 Å². The van der Waals surface area contributed by atoms with Gasteiger partial charge in [-0.2, -0.15) is 0 Å². The van der Waals surface area contributed by atoms with Gasteiger partial charge in [0.05, 0.1) is 0 Å². The fourth-order valence-electron chi connectivity index (χ4n) is 2.19. The summed E-state index contributed by atoms with van der Waals surface area (Å²) in [5.41, 5.74) is 7.69. The molecule has 0 fully saturated rings. The molecule has 1 atom stereocenters. The lowest BCUT2D eigenvalue weighted by Gasteiger charge is -2.22. The topological polar surface area (TPSA) is 42.1 Å². The number of pyridine rings is 1. The maximum atomic E-state index is 13.3. The van der Waals surface area contributed by atoms with E-state index in [1.165, 1.54) is 12.1 Å². The lowest BCUT2D eigenvalue weighted by Crippen LogP contribution is -2.19. The second kappa shape index (κ2) is 6.48. The summed E-state index contributed by atoms with van der Waals surface area (Å²) in [5.74, 6) is 0.570. The van der Waals surface area contributed by atoms with Gasteiger partial charge in [-0.05, 0) is 50.1 Å². The summed E-state index contributed by atoms with van der Waals surface area (Å²) in [7, 11) is 0. The van der Waals surface area contributed by atoms with Crippen molar-refractivity contribution < 1.29 is 4.39 Å². The Morgan fingerprint density at radius 2 is 2.10 bits per heavy atom.